The van der Waals surface area contributed by atoms with Gasteiger partial charge in [-0.05, 0) is 19.1 Å². The van der Waals surface area contributed by atoms with Gasteiger partial charge in [0.05, 0.1) is 24.7 Å². The lowest BCUT2D eigenvalue weighted by atomic mass is 10.2. The second-order valence-electron chi connectivity index (χ2n) is 5.02. The molecule has 0 bridgehead atoms. The summed E-state index contributed by atoms with van der Waals surface area (Å²) in [5.41, 5.74) is -0.169. The molecule has 1 N–H and O–H groups in total. The molecule has 1 aromatic heterocycles. The molecule has 0 fully saturated rings. The van der Waals surface area contributed by atoms with Gasteiger partial charge >= 0.3 is 12.0 Å². The van der Waals surface area contributed by atoms with Gasteiger partial charge in [-0.1, -0.05) is 12.1 Å². The lowest BCUT2D eigenvalue weighted by Gasteiger charge is -2.19. The summed E-state index contributed by atoms with van der Waals surface area (Å²) in [5, 5.41) is 7.29. The third kappa shape index (κ3) is 3.61. The van der Waals surface area contributed by atoms with Crippen LogP contribution in [0.5, 0.6) is 6.01 Å². The third-order valence-electron chi connectivity index (χ3n) is 3.34. The number of anilines is 1. The van der Waals surface area contributed by atoms with Crippen LogP contribution in [0.15, 0.2) is 29.2 Å². The van der Waals surface area contributed by atoms with E-state index in [1.54, 1.807) is 6.92 Å². The van der Waals surface area contributed by atoms with Gasteiger partial charge in [0.2, 0.25) is 21.0 Å². The lowest BCUT2D eigenvalue weighted by Crippen LogP contribution is -2.35. The Bertz CT molecular complexity index is 961. The molecular formula is C15H17N5O5S. The van der Waals surface area contributed by atoms with Crippen molar-refractivity contribution in [3.63, 3.8) is 0 Å². The Morgan fingerprint density at radius 2 is 1.81 bits per heavy atom. The zero-order valence-corrected chi connectivity index (χ0v) is 15.4. The second-order valence-corrected chi connectivity index (χ2v) is 6.86. The summed E-state index contributed by atoms with van der Waals surface area (Å²) in [5.74, 6) is -0.616. The number of hydrogen-bond donors (Lipinski definition) is 1. The van der Waals surface area contributed by atoms with Crippen molar-refractivity contribution < 1.29 is 22.7 Å². The van der Waals surface area contributed by atoms with E-state index < -0.39 is 21.0 Å². The maximum Gasteiger partial charge on any atom is 0.339 e. The summed E-state index contributed by atoms with van der Waals surface area (Å²) in [6, 6.07) is 5.46. The molecule has 0 amide bonds. The molecule has 138 valence electrons. The molecule has 26 heavy (non-hydrogen) atoms. The van der Waals surface area contributed by atoms with Gasteiger partial charge in [0, 0.05) is 7.05 Å². The van der Waals surface area contributed by atoms with Crippen molar-refractivity contribution in [2.24, 2.45) is 0 Å². The molecule has 0 saturated carbocycles. The van der Waals surface area contributed by atoms with Crippen molar-refractivity contribution in [1.82, 2.24) is 15.0 Å². The molecule has 1 heterocycles. The van der Waals surface area contributed by atoms with Crippen LogP contribution < -0.4 is 9.64 Å². The van der Waals surface area contributed by atoms with Crippen molar-refractivity contribution in [2.75, 3.05) is 26.2 Å². The highest BCUT2D eigenvalue weighted by Gasteiger charge is 2.31. The summed E-state index contributed by atoms with van der Waals surface area (Å²) in [7, 11) is -0.527. The van der Waals surface area contributed by atoms with Gasteiger partial charge in [-0.15, -0.1) is 0 Å². The molecule has 0 aliphatic heterocycles. The van der Waals surface area contributed by atoms with E-state index in [1.807, 2.05) is 0 Å². The summed E-state index contributed by atoms with van der Waals surface area (Å²) in [4.78, 5) is 24.3. The number of aryl methyl sites for hydroxylation is 1. The monoisotopic (exact) mass is 379 g/mol. The topological polar surface area (TPSA) is 135 Å². The Balaban J connectivity index is 2.49. The first-order chi connectivity index (χ1) is 12.2. The van der Waals surface area contributed by atoms with Crippen LogP contribution in [0.25, 0.3) is 0 Å². The molecular weight excluding hydrogens is 362 g/mol. The summed E-state index contributed by atoms with van der Waals surface area (Å²) in [6.45, 7) is 1.58. The fourth-order valence-electron chi connectivity index (χ4n) is 2.04. The number of benzene rings is 1. The predicted octanol–water partition coefficient (Wildman–Crippen LogP) is 0.820. The first-order valence-electron chi connectivity index (χ1n) is 7.23. The maximum atomic E-state index is 12.9. The molecule has 2 rings (SSSR count). The van der Waals surface area contributed by atoms with Gasteiger partial charge in [0.1, 0.15) is 5.82 Å². The second kappa shape index (κ2) is 7.44. The normalized spacial score (nSPS) is 10.9. The van der Waals surface area contributed by atoms with Crippen molar-refractivity contribution >= 4 is 26.9 Å². The first kappa shape index (κ1) is 19.2. The molecule has 0 spiro atoms. The van der Waals surface area contributed by atoms with Crippen LogP contribution in [0.3, 0.4) is 0 Å². The van der Waals surface area contributed by atoms with E-state index in [0.29, 0.717) is 5.82 Å². The molecule has 0 aliphatic rings. The van der Waals surface area contributed by atoms with E-state index in [1.165, 1.54) is 38.4 Å². The Morgan fingerprint density at radius 1 is 1.15 bits per heavy atom. The number of aromatic nitrogens is 3. The predicted molar refractivity (Wildman–Crippen MR) is 92.2 cm³/mol. The number of sulfone groups is 1. The zero-order valence-electron chi connectivity index (χ0n) is 14.5. The standard InChI is InChI=1S/C15H17N5O5S/c1-9-17-14(19-15(18-9)25-4)20(2)13(16)26(22,23)11-8-6-5-7-10(11)12(21)24-3/h5-8,16H,1-4H3. The van der Waals surface area contributed by atoms with Crippen molar-refractivity contribution in [3.8, 4) is 6.01 Å². The minimum Gasteiger partial charge on any atom is -0.467 e. The van der Waals surface area contributed by atoms with Gasteiger partial charge in [0.25, 0.3) is 0 Å². The van der Waals surface area contributed by atoms with E-state index in [9.17, 15) is 13.2 Å². The number of esters is 1. The number of amidine groups is 1. The number of methoxy groups -OCH3 is 2. The molecule has 10 nitrogen and oxygen atoms in total. The Hall–Kier alpha value is -3.08. The molecule has 11 heteroatoms. The van der Waals surface area contributed by atoms with Gasteiger partial charge in [0.15, 0.2) is 0 Å². The van der Waals surface area contributed by atoms with E-state index in [2.05, 4.69) is 19.7 Å². The van der Waals surface area contributed by atoms with Crippen molar-refractivity contribution in [1.29, 1.82) is 5.41 Å². The maximum absolute atomic E-state index is 12.9. The Morgan fingerprint density at radius 3 is 2.42 bits per heavy atom. The largest absolute Gasteiger partial charge is 0.467 e. The van der Waals surface area contributed by atoms with Crippen LogP contribution in [-0.2, 0) is 14.6 Å². The van der Waals surface area contributed by atoms with Crippen LogP contribution in [0.1, 0.15) is 16.2 Å². The minimum atomic E-state index is -4.34. The van der Waals surface area contributed by atoms with Crippen LogP contribution in [0, 0.1) is 12.3 Å². The van der Waals surface area contributed by atoms with Gasteiger partial charge in [-0.3, -0.25) is 10.3 Å². The van der Waals surface area contributed by atoms with Crippen LogP contribution >= 0.6 is 0 Å². The summed E-state index contributed by atoms with van der Waals surface area (Å²) in [6.07, 6.45) is 0. The van der Waals surface area contributed by atoms with Crippen LogP contribution in [0.4, 0.5) is 5.95 Å². The highest BCUT2D eigenvalue weighted by molar-refractivity contribution is 8.06. The number of carbonyl (C=O) groups is 1. The number of ether oxygens (including phenoxy) is 2. The van der Waals surface area contributed by atoms with Crippen molar-refractivity contribution in [2.45, 2.75) is 11.8 Å². The van der Waals surface area contributed by atoms with Gasteiger partial charge in [-0.25, -0.2) is 13.2 Å². The van der Waals surface area contributed by atoms with E-state index in [-0.39, 0.29) is 22.4 Å². The quantitative estimate of drug-likeness (QED) is 0.465. The van der Waals surface area contributed by atoms with Crippen LogP contribution in [0.2, 0.25) is 0 Å². The van der Waals surface area contributed by atoms with Crippen LogP contribution in [-0.4, -0.2) is 55.8 Å². The smallest absolute Gasteiger partial charge is 0.339 e. The lowest BCUT2D eigenvalue weighted by molar-refractivity contribution is 0.0596. The minimum absolute atomic E-state index is 0.0143. The Labute approximate surface area is 150 Å². The van der Waals surface area contributed by atoms with Gasteiger partial charge < -0.3 is 9.47 Å². The Kier molecular flexibility index (Phi) is 5.50. The number of rotatable bonds is 4. The fourth-order valence-corrected chi connectivity index (χ4v) is 3.39. The molecule has 2 aromatic rings. The average molecular weight is 379 g/mol. The number of nitrogens with one attached hydrogen (secondary N) is 1. The highest BCUT2D eigenvalue weighted by atomic mass is 32.2. The first-order valence-corrected chi connectivity index (χ1v) is 8.72. The molecule has 0 radical (unpaired) electrons. The number of hydrogen-bond acceptors (Lipinski definition) is 9. The van der Waals surface area contributed by atoms with Gasteiger partial charge in [-0.2, -0.15) is 15.0 Å². The molecule has 0 aliphatic carbocycles. The molecule has 0 saturated heterocycles. The fraction of sp³-hybridized carbons (Fsp3) is 0.267. The van der Waals surface area contributed by atoms with E-state index >= 15 is 0 Å². The summed E-state index contributed by atoms with van der Waals surface area (Å²) < 4.78 is 35.2. The molecule has 0 atom stereocenters. The molecule has 1 aromatic carbocycles. The number of carbonyl (C=O) groups excluding carboxylic acids is 1. The third-order valence-corrected chi connectivity index (χ3v) is 5.06. The summed E-state index contributed by atoms with van der Waals surface area (Å²) >= 11 is 0. The number of nitrogens with zero attached hydrogens (tertiary/aromatic N) is 4. The van der Waals surface area contributed by atoms with E-state index in [4.69, 9.17) is 10.1 Å². The highest BCUT2D eigenvalue weighted by Crippen LogP contribution is 2.21. The molecule has 0 unspecified atom stereocenters. The average Bonchev–Trinajstić information content (AvgIpc) is 2.65. The zero-order chi connectivity index (χ0) is 19.5. The van der Waals surface area contributed by atoms with Crippen molar-refractivity contribution in [3.05, 3.63) is 35.7 Å². The SMILES string of the molecule is COC(=O)c1ccccc1S(=O)(=O)C(=N)N(C)c1nc(C)nc(OC)n1. The van der Waals surface area contributed by atoms with E-state index in [0.717, 1.165) is 12.0 Å².